The Morgan fingerprint density at radius 3 is 2.53 bits per heavy atom. The van der Waals surface area contributed by atoms with Crippen molar-refractivity contribution in [3.63, 3.8) is 0 Å². The van der Waals surface area contributed by atoms with Crippen LogP contribution < -0.4 is 0 Å². The first-order valence-electron chi connectivity index (χ1n) is 5.88. The van der Waals surface area contributed by atoms with Crippen molar-refractivity contribution in [2.45, 2.75) is 52.4 Å². The molecule has 1 aromatic carbocycles. The van der Waals surface area contributed by atoms with Crippen LogP contribution in [0.2, 0.25) is 0 Å². The average Bonchev–Trinajstić information content (AvgIpc) is 2.22. The van der Waals surface area contributed by atoms with Crippen molar-refractivity contribution < 1.29 is 4.39 Å². The molecule has 0 N–H and O–H groups in total. The minimum absolute atomic E-state index is 0.103. The fourth-order valence-corrected chi connectivity index (χ4v) is 2.25. The van der Waals surface area contributed by atoms with E-state index in [0.29, 0.717) is 0 Å². The van der Waals surface area contributed by atoms with Gasteiger partial charge in [-0.1, -0.05) is 33.8 Å². The van der Waals surface area contributed by atoms with Crippen molar-refractivity contribution in [3.05, 3.63) is 35.1 Å². The Hall–Kier alpha value is -0.850. The van der Waals surface area contributed by atoms with Gasteiger partial charge in [0.25, 0.3) is 0 Å². The highest BCUT2D eigenvalue weighted by Gasteiger charge is 2.27. The number of fused-ring (bicyclic) bond motifs is 1. The number of hydrogen-bond donors (Lipinski definition) is 0. The highest BCUT2D eigenvalue weighted by atomic mass is 19.1. The molecular weight excluding hydrogens is 187 g/mol. The van der Waals surface area contributed by atoms with E-state index in [-0.39, 0.29) is 11.2 Å². The average molecular weight is 208 g/mol. The molecule has 0 saturated carbocycles. The fourth-order valence-electron chi connectivity index (χ4n) is 2.25. The van der Waals surface area contributed by atoms with Crippen molar-refractivity contribution in [1.29, 1.82) is 0 Å². The smallest absolute Gasteiger partial charge is 0.123 e. The summed E-state index contributed by atoms with van der Waals surface area (Å²) in [7, 11) is 0. The van der Waals surface area contributed by atoms with Crippen molar-refractivity contribution in [2.24, 2.45) is 0 Å². The van der Waals surface area contributed by atoms with Crippen LogP contribution in [-0.2, 0) is 11.8 Å². The molecular formula is C14H21F. The van der Waals surface area contributed by atoms with E-state index < -0.39 is 0 Å². The summed E-state index contributed by atoms with van der Waals surface area (Å²) in [5.41, 5.74) is 2.70. The van der Waals surface area contributed by atoms with Gasteiger partial charge in [-0.2, -0.15) is 0 Å². The topological polar surface area (TPSA) is 0 Å². The zero-order valence-corrected chi connectivity index (χ0v) is 10.2. The first-order valence-corrected chi connectivity index (χ1v) is 5.88. The molecule has 0 heterocycles. The van der Waals surface area contributed by atoms with Crippen LogP contribution in [0.25, 0.3) is 0 Å². The maximum Gasteiger partial charge on any atom is 0.123 e. The monoisotopic (exact) mass is 208 g/mol. The second kappa shape index (κ2) is 4.78. The first-order chi connectivity index (χ1) is 7.09. The Kier molecular flexibility index (Phi) is 3.90. The molecule has 0 radical (unpaired) electrons. The molecule has 0 atom stereocenters. The molecule has 1 aliphatic rings. The lowest BCUT2D eigenvalue weighted by Crippen LogP contribution is -2.23. The van der Waals surface area contributed by atoms with Crippen LogP contribution in [0.4, 0.5) is 4.39 Å². The third-order valence-corrected chi connectivity index (χ3v) is 3.05. The van der Waals surface area contributed by atoms with E-state index in [2.05, 4.69) is 13.8 Å². The number of benzene rings is 1. The van der Waals surface area contributed by atoms with Crippen LogP contribution in [0.1, 0.15) is 51.7 Å². The quantitative estimate of drug-likeness (QED) is 0.590. The van der Waals surface area contributed by atoms with E-state index >= 15 is 0 Å². The molecule has 15 heavy (non-hydrogen) atoms. The van der Waals surface area contributed by atoms with E-state index in [1.54, 1.807) is 12.1 Å². The van der Waals surface area contributed by atoms with Crippen molar-refractivity contribution in [3.8, 4) is 0 Å². The molecule has 0 saturated heterocycles. The van der Waals surface area contributed by atoms with E-state index in [4.69, 9.17) is 0 Å². The number of halogens is 1. The van der Waals surface area contributed by atoms with E-state index in [1.165, 1.54) is 24.0 Å². The molecule has 1 heteroatoms. The van der Waals surface area contributed by atoms with Crippen LogP contribution >= 0.6 is 0 Å². The summed E-state index contributed by atoms with van der Waals surface area (Å²) < 4.78 is 13.0. The lowest BCUT2D eigenvalue weighted by Gasteiger charge is -2.32. The van der Waals surface area contributed by atoms with Gasteiger partial charge in [-0.25, -0.2) is 4.39 Å². The normalized spacial score (nSPS) is 17.4. The van der Waals surface area contributed by atoms with Crippen LogP contribution in [0, 0.1) is 5.82 Å². The Bertz CT molecular complexity index is 326. The van der Waals surface area contributed by atoms with Gasteiger partial charge in [0.2, 0.25) is 0 Å². The highest BCUT2D eigenvalue weighted by Crippen LogP contribution is 2.36. The molecule has 0 aromatic heterocycles. The molecule has 1 aliphatic carbocycles. The summed E-state index contributed by atoms with van der Waals surface area (Å²) in [5.74, 6) is -0.103. The summed E-state index contributed by atoms with van der Waals surface area (Å²) in [6.07, 6.45) is 3.51. The molecule has 0 amide bonds. The minimum Gasteiger partial charge on any atom is -0.207 e. The van der Waals surface area contributed by atoms with Gasteiger partial charge >= 0.3 is 0 Å². The van der Waals surface area contributed by atoms with Gasteiger partial charge in [-0.3, -0.25) is 0 Å². The summed E-state index contributed by atoms with van der Waals surface area (Å²) >= 11 is 0. The summed E-state index contributed by atoms with van der Waals surface area (Å²) in [6.45, 7) is 8.40. The van der Waals surface area contributed by atoms with Gasteiger partial charge in [0, 0.05) is 0 Å². The molecule has 0 spiro atoms. The van der Waals surface area contributed by atoms with Gasteiger partial charge in [-0.05, 0) is 47.9 Å². The Balaban J connectivity index is 0.000000531. The molecule has 1 aromatic rings. The second-order valence-corrected chi connectivity index (χ2v) is 4.54. The molecule has 0 aliphatic heterocycles. The standard InChI is InChI=1S/C12H15F.C2H6/c1-12(2)7-3-4-9-5-6-10(13)8-11(9)12;1-2/h5-6,8H,3-4,7H2,1-2H3;1-2H3. The van der Waals surface area contributed by atoms with Gasteiger partial charge in [-0.15, -0.1) is 0 Å². The molecule has 0 fully saturated rings. The summed E-state index contributed by atoms with van der Waals surface area (Å²) in [6, 6.07) is 5.21. The predicted molar refractivity (Wildman–Crippen MR) is 63.7 cm³/mol. The van der Waals surface area contributed by atoms with Crippen molar-refractivity contribution in [2.75, 3.05) is 0 Å². The van der Waals surface area contributed by atoms with Crippen molar-refractivity contribution >= 4 is 0 Å². The Morgan fingerprint density at radius 1 is 1.20 bits per heavy atom. The van der Waals surface area contributed by atoms with E-state index in [1.807, 2.05) is 19.9 Å². The maximum absolute atomic E-state index is 13.0. The minimum atomic E-state index is -0.103. The second-order valence-electron chi connectivity index (χ2n) is 4.54. The highest BCUT2D eigenvalue weighted by molar-refractivity contribution is 5.35. The van der Waals surface area contributed by atoms with E-state index in [0.717, 1.165) is 6.42 Å². The molecule has 0 bridgehead atoms. The Morgan fingerprint density at radius 2 is 1.87 bits per heavy atom. The van der Waals surface area contributed by atoms with Crippen LogP contribution in [-0.4, -0.2) is 0 Å². The molecule has 84 valence electrons. The van der Waals surface area contributed by atoms with Gasteiger partial charge in [0.1, 0.15) is 5.82 Å². The van der Waals surface area contributed by atoms with Crippen LogP contribution in [0.5, 0.6) is 0 Å². The molecule has 0 nitrogen and oxygen atoms in total. The third kappa shape index (κ3) is 2.58. The fraction of sp³-hybridized carbons (Fsp3) is 0.571. The predicted octanol–water partition coefficient (Wildman–Crippen LogP) is 4.47. The lowest BCUT2D eigenvalue weighted by atomic mass is 9.73. The largest absolute Gasteiger partial charge is 0.207 e. The first kappa shape index (κ1) is 12.2. The SMILES string of the molecule is CC.CC1(C)CCCc2ccc(F)cc21. The number of hydrogen-bond acceptors (Lipinski definition) is 0. The Labute approximate surface area is 92.5 Å². The number of rotatable bonds is 0. The van der Waals surface area contributed by atoms with Crippen molar-refractivity contribution in [1.82, 2.24) is 0 Å². The lowest BCUT2D eigenvalue weighted by molar-refractivity contribution is 0.428. The summed E-state index contributed by atoms with van der Waals surface area (Å²) in [4.78, 5) is 0. The number of aryl methyl sites for hydroxylation is 1. The maximum atomic E-state index is 13.0. The zero-order chi connectivity index (χ0) is 11.5. The summed E-state index contributed by atoms with van der Waals surface area (Å²) in [5, 5.41) is 0. The van der Waals surface area contributed by atoms with Gasteiger partial charge < -0.3 is 0 Å². The molecule has 0 unspecified atom stereocenters. The van der Waals surface area contributed by atoms with Crippen LogP contribution in [0.3, 0.4) is 0 Å². The van der Waals surface area contributed by atoms with E-state index in [9.17, 15) is 4.39 Å². The van der Waals surface area contributed by atoms with Gasteiger partial charge in [0.15, 0.2) is 0 Å². The van der Waals surface area contributed by atoms with Gasteiger partial charge in [0.05, 0.1) is 0 Å². The zero-order valence-electron chi connectivity index (χ0n) is 10.2. The third-order valence-electron chi connectivity index (χ3n) is 3.05. The van der Waals surface area contributed by atoms with Crippen LogP contribution in [0.15, 0.2) is 18.2 Å². The molecule has 2 rings (SSSR count).